The summed E-state index contributed by atoms with van der Waals surface area (Å²) >= 11 is 0. The molecule has 8 aromatic rings. The van der Waals surface area contributed by atoms with Crippen molar-refractivity contribution in [1.29, 1.82) is 0 Å². The molecule has 4 N–H and O–H groups in total. The summed E-state index contributed by atoms with van der Waals surface area (Å²) in [6.45, 7) is 17.0. The summed E-state index contributed by atoms with van der Waals surface area (Å²) in [4.78, 5) is 71.9. The van der Waals surface area contributed by atoms with Gasteiger partial charge in [-0.1, -0.05) is 275 Å². The molecule has 0 aliphatic carbocycles. The summed E-state index contributed by atoms with van der Waals surface area (Å²) in [5.74, 6) is -2.33. The molecule has 0 spiro atoms. The Labute approximate surface area is 682 Å². The second-order valence-corrected chi connectivity index (χ2v) is 23.5. The molecule has 0 saturated heterocycles. The molecule has 0 saturated carbocycles. The summed E-state index contributed by atoms with van der Waals surface area (Å²) in [5.41, 5.74) is 17.6. The van der Waals surface area contributed by atoms with Crippen molar-refractivity contribution in [2.45, 2.75) is 13.3 Å². The molecule has 0 radical (unpaired) electrons. The molecule has 0 heterocycles. The van der Waals surface area contributed by atoms with Gasteiger partial charge in [0.2, 0.25) is 0 Å². The number of carboxylic acid groups (broad SMARTS) is 1. The first kappa shape index (κ1) is 99.0. The van der Waals surface area contributed by atoms with E-state index in [0.29, 0.717) is 125 Å². The Hall–Kier alpha value is -11.2. The third kappa shape index (κ3) is 49.5. The number of benzene rings is 8. The second-order valence-electron chi connectivity index (χ2n) is 23.5. The SMILES string of the molecule is C=CCOC(=O)COCCOCCN.C=CCOC(=O)COCCOCCN=C(c1ccccc1)c1ccccc1.CCC(=O)OC.COC(=O)COCCOCCN=C(c1ccccc1)c1ccccc1.O=C(O)COCCOCCN=C(c1ccccc1)c1ccccc1.OCCOCCN=C(c1ccccc1)c1ccccc1. The zero-order chi connectivity index (χ0) is 83.6. The standard InChI is InChI=1S/C22H25NO4.C20H23NO4.C19H21NO4.C17H19NO2.C9H17NO4.C4H8O2/c1-2-14-27-21(24)18-26-17-16-25-15-13-23-22(19-9-5-3-6-10-19)20-11-7-4-8-12-20;1-23-19(22)16-25-15-14-24-13-12-21-20(17-8-4-2-5-9-17)18-10-6-3-7-11-18;21-18(22)15-24-14-13-23-12-11-20-19(16-7-3-1-4-8-16)17-9-5-2-6-10-17;19-12-14-20-13-11-18-17(15-7-3-1-4-8-15)16-9-5-2-6-10-16;1-2-4-14-9(11)8-13-7-6-12-5-3-10;1-3-4(5)6-2/h2-12H,1,13-18H2;2-11H,12-16H2,1H3;1-10H,11-15H2,(H,21,22);1-10,19H,11-14H2;2H,1,3-8,10H2;3H2,1-2H3. The van der Waals surface area contributed by atoms with Crippen LogP contribution in [0, 0.1) is 0 Å². The van der Waals surface area contributed by atoms with Crippen LogP contribution in [0.4, 0.5) is 0 Å². The zero-order valence-corrected chi connectivity index (χ0v) is 66.9. The molecule has 116 heavy (non-hydrogen) atoms. The highest BCUT2D eigenvalue weighted by Gasteiger charge is 2.11. The van der Waals surface area contributed by atoms with E-state index in [1.165, 1.54) is 26.4 Å². The topological polar surface area (TPSA) is 321 Å². The van der Waals surface area contributed by atoms with Crippen LogP contribution in [0.3, 0.4) is 0 Å². The molecule has 622 valence electrons. The average molecular weight is 1600 g/mol. The molecule has 0 unspecified atom stereocenters. The largest absolute Gasteiger partial charge is 0.480 e. The van der Waals surface area contributed by atoms with Gasteiger partial charge in [-0.2, -0.15) is 0 Å². The minimum atomic E-state index is -0.977. The number of methoxy groups -OCH3 is 2. The Bertz CT molecular complexity index is 3790. The van der Waals surface area contributed by atoms with Crippen molar-refractivity contribution < 1.29 is 95.8 Å². The van der Waals surface area contributed by atoms with Crippen molar-refractivity contribution in [1.82, 2.24) is 0 Å². The summed E-state index contributed by atoms with van der Waals surface area (Å²) in [7, 11) is 2.71. The van der Waals surface area contributed by atoms with Crippen molar-refractivity contribution >= 4 is 52.7 Å². The molecule has 0 aliphatic heterocycles. The number of aliphatic hydroxyl groups is 1. The van der Waals surface area contributed by atoms with Crippen LogP contribution in [0.1, 0.15) is 57.9 Å². The van der Waals surface area contributed by atoms with Crippen LogP contribution in [0.15, 0.2) is 288 Å². The van der Waals surface area contributed by atoms with Crippen LogP contribution in [0.5, 0.6) is 0 Å². The van der Waals surface area contributed by atoms with E-state index in [1.807, 2.05) is 218 Å². The van der Waals surface area contributed by atoms with Gasteiger partial charge < -0.3 is 77.5 Å². The lowest BCUT2D eigenvalue weighted by molar-refractivity contribution is -0.149. The number of hydrogen-bond donors (Lipinski definition) is 3. The number of ether oxygens (including phenoxy) is 13. The first-order chi connectivity index (χ1) is 56.9. The maximum Gasteiger partial charge on any atom is 0.332 e. The van der Waals surface area contributed by atoms with Crippen molar-refractivity contribution in [2.24, 2.45) is 25.7 Å². The minimum Gasteiger partial charge on any atom is -0.480 e. The maximum absolute atomic E-state index is 11.2. The molecular formula is C91H113N5O20. The quantitative estimate of drug-likeness (QED) is 0.0105. The van der Waals surface area contributed by atoms with Crippen LogP contribution in [0.2, 0.25) is 0 Å². The lowest BCUT2D eigenvalue weighted by Gasteiger charge is -2.08. The monoisotopic (exact) mass is 1600 g/mol. The number of rotatable bonds is 49. The third-order valence-electron chi connectivity index (χ3n) is 14.7. The van der Waals surface area contributed by atoms with Crippen LogP contribution in [0.25, 0.3) is 0 Å². The van der Waals surface area contributed by atoms with E-state index in [4.69, 9.17) is 73.3 Å². The van der Waals surface area contributed by atoms with E-state index in [9.17, 15) is 24.0 Å². The molecule has 0 aromatic heterocycles. The molecule has 25 nitrogen and oxygen atoms in total. The normalized spacial score (nSPS) is 10.1. The van der Waals surface area contributed by atoms with Gasteiger partial charge in [0.05, 0.1) is 162 Å². The molecule has 0 aliphatic rings. The summed E-state index contributed by atoms with van der Waals surface area (Å²) in [6.07, 6.45) is 3.49. The van der Waals surface area contributed by atoms with Crippen molar-refractivity contribution in [3.63, 3.8) is 0 Å². The zero-order valence-electron chi connectivity index (χ0n) is 66.9. The number of carbonyl (C=O) groups excluding carboxylic acids is 4. The van der Waals surface area contributed by atoms with Crippen molar-refractivity contribution in [2.75, 3.05) is 186 Å². The average Bonchev–Trinajstić information content (AvgIpc) is 0.873. The molecule has 0 fully saturated rings. The number of nitrogens with two attached hydrogens (primary N) is 1. The van der Waals surface area contributed by atoms with Gasteiger partial charge in [-0.3, -0.25) is 24.8 Å². The number of nitrogens with zero attached hydrogens (tertiary/aromatic N) is 4. The third-order valence-corrected chi connectivity index (χ3v) is 14.7. The first-order valence-corrected chi connectivity index (χ1v) is 37.9. The molecule has 0 bridgehead atoms. The Kier molecular flexibility index (Phi) is 59.2. The summed E-state index contributed by atoms with van der Waals surface area (Å²) < 4.78 is 65.1. The van der Waals surface area contributed by atoms with Gasteiger partial charge in [-0.05, 0) is 0 Å². The summed E-state index contributed by atoms with van der Waals surface area (Å²) in [5, 5.41) is 17.1. The fraction of sp³-hybridized carbons (Fsp3) is 0.330. The highest BCUT2D eigenvalue weighted by molar-refractivity contribution is 6.14. The number of carboxylic acids is 1. The van der Waals surface area contributed by atoms with Crippen LogP contribution in [-0.4, -0.2) is 249 Å². The number of aliphatic carboxylic acids is 1. The van der Waals surface area contributed by atoms with Gasteiger partial charge in [0.1, 0.15) is 39.6 Å². The van der Waals surface area contributed by atoms with Gasteiger partial charge in [-0.25, -0.2) is 19.2 Å². The van der Waals surface area contributed by atoms with Crippen molar-refractivity contribution in [3.05, 3.63) is 312 Å². The smallest absolute Gasteiger partial charge is 0.332 e. The predicted octanol–water partition coefficient (Wildman–Crippen LogP) is 11.5. The first-order valence-electron chi connectivity index (χ1n) is 37.9. The molecule has 8 rings (SSSR count). The molecule has 25 heteroatoms. The Morgan fingerprint density at radius 3 is 0.750 bits per heavy atom. The number of esters is 4. The highest BCUT2D eigenvalue weighted by atomic mass is 16.6. The number of aliphatic imine (C=N–C) groups is 4. The van der Waals surface area contributed by atoms with E-state index in [2.05, 4.69) is 61.6 Å². The van der Waals surface area contributed by atoms with Crippen LogP contribution >= 0.6 is 0 Å². The predicted molar refractivity (Wildman–Crippen MR) is 451 cm³/mol. The van der Waals surface area contributed by atoms with Crippen LogP contribution < -0.4 is 5.73 Å². The Morgan fingerprint density at radius 1 is 0.319 bits per heavy atom. The van der Waals surface area contributed by atoms with E-state index in [1.54, 1.807) is 6.92 Å². The molecule has 0 amide bonds. The lowest BCUT2D eigenvalue weighted by Crippen LogP contribution is -2.16. The van der Waals surface area contributed by atoms with Gasteiger partial charge in [-0.15, -0.1) is 0 Å². The fourth-order valence-electron chi connectivity index (χ4n) is 9.40. The molecule has 8 aromatic carbocycles. The fourth-order valence-corrected chi connectivity index (χ4v) is 9.40. The van der Waals surface area contributed by atoms with Crippen LogP contribution in [-0.2, 0) is 85.6 Å². The lowest BCUT2D eigenvalue weighted by atomic mass is 10.0. The van der Waals surface area contributed by atoms with E-state index >= 15 is 0 Å². The van der Waals surface area contributed by atoms with Crippen molar-refractivity contribution in [3.8, 4) is 0 Å². The Balaban J connectivity index is 0.000000373. The highest BCUT2D eigenvalue weighted by Crippen LogP contribution is 2.15. The number of aliphatic hydroxyl groups excluding tert-OH is 1. The number of hydrogen-bond acceptors (Lipinski definition) is 24. The van der Waals surface area contributed by atoms with Gasteiger partial charge in [0.15, 0.2) is 0 Å². The van der Waals surface area contributed by atoms with Gasteiger partial charge in [0.25, 0.3) is 0 Å². The number of carbonyl (C=O) groups is 5. The van der Waals surface area contributed by atoms with E-state index in [0.717, 1.165) is 67.4 Å². The minimum absolute atomic E-state index is 0.0495. The molecule has 0 atom stereocenters. The van der Waals surface area contributed by atoms with Gasteiger partial charge in [0, 0.05) is 57.5 Å². The molecular weight excluding hydrogens is 1480 g/mol. The maximum atomic E-state index is 11.2. The van der Waals surface area contributed by atoms with Gasteiger partial charge >= 0.3 is 29.8 Å². The van der Waals surface area contributed by atoms with E-state index < -0.39 is 17.9 Å². The second kappa shape index (κ2) is 69.3. The Morgan fingerprint density at radius 2 is 0.543 bits per heavy atom. The summed E-state index contributed by atoms with van der Waals surface area (Å²) in [6, 6.07) is 80.7. The van der Waals surface area contributed by atoms with E-state index in [-0.39, 0.29) is 64.8 Å².